The van der Waals surface area contributed by atoms with Crippen LogP contribution in [0.25, 0.3) is 0 Å². The van der Waals surface area contributed by atoms with E-state index >= 15 is 0 Å². The van der Waals surface area contributed by atoms with Crippen LogP contribution in [-0.2, 0) is 17.1 Å². The molecule has 0 saturated carbocycles. The summed E-state index contributed by atoms with van der Waals surface area (Å²) in [4.78, 5) is 0. The number of rotatable bonds is 0. The number of hydrogen-bond donors (Lipinski definition) is 0. The first-order valence-corrected chi connectivity index (χ1v) is 1.35. The average Bonchev–Trinajstić information content (AvgIpc) is 0.811. The Hall–Kier alpha value is 0.259. The first-order valence-electron chi connectivity index (χ1n) is 1.35. The minimum Gasteiger partial charge on any atom is -0.100 e. The predicted octanol–water partition coefficient (Wildman–Crippen LogP) is 1.58. The summed E-state index contributed by atoms with van der Waals surface area (Å²) in [5.41, 5.74) is 1.17. The molecule has 0 amide bonds. The van der Waals surface area contributed by atoms with Gasteiger partial charge in [0.2, 0.25) is 0 Å². The third kappa shape index (κ3) is 323. The summed E-state index contributed by atoms with van der Waals surface area (Å²) in [5, 5.41) is 0. The molecule has 32 valence electrons. The topological polar surface area (TPSA) is 0 Å². The van der Waals surface area contributed by atoms with Gasteiger partial charge in [-0.2, -0.15) is 0 Å². The van der Waals surface area contributed by atoms with Gasteiger partial charge in [-0.3, -0.25) is 0 Å². The molecular formula is C4H8Fe. The van der Waals surface area contributed by atoms with Gasteiger partial charge >= 0.3 is 0 Å². The molecule has 0 aliphatic carbocycles. The first kappa shape index (κ1) is 8.98. The van der Waals surface area contributed by atoms with Crippen LogP contribution in [0.4, 0.5) is 0 Å². The fraction of sp³-hybridized carbons (Fsp3) is 0.500. The molecule has 0 nitrogen and oxygen atoms in total. The van der Waals surface area contributed by atoms with Crippen LogP contribution in [0, 0.1) is 0 Å². The van der Waals surface area contributed by atoms with E-state index in [2.05, 4.69) is 6.58 Å². The Morgan fingerprint density at radius 3 is 1.40 bits per heavy atom. The summed E-state index contributed by atoms with van der Waals surface area (Å²) in [6.07, 6.45) is 0. The van der Waals surface area contributed by atoms with E-state index in [0.717, 1.165) is 0 Å². The summed E-state index contributed by atoms with van der Waals surface area (Å²) in [6.45, 7) is 7.50. The molecule has 0 N–H and O–H groups in total. The van der Waals surface area contributed by atoms with Gasteiger partial charge in [-0.05, 0) is 13.8 Å². The van der Waals surface area contributed by atoms with Crippen LogP contribution < -0.4 is 0 Å². The predicted molar refractivity (Wildman–Crippen MR) is 20.5 cm³/mol. The SMILES string of the molecule is C=C(C)C.[Fe]. The fourth-order valence-electron chi connectivity index (χ4n) is 0. The second kappa shape index (κ2) is 4.26. The van der Waals surface area contributed by atoms with Gasteiger partial charge in [0.15, 0.2) is 0 Å². The van der Waals surface area contributed by atoms with Crippen molar-refractivity contribution in [2.45, 2.75) is 13.8 Å². The maximum absolute atomic E-state index is 3.56. The first-order chi connectivity index (χ1) is 1.73. The molecule has 0 aromatic carbocycles. The Morgan fingerprint density at radius 2 is 1.40 bits per heavy atom. The Bertz CT molecular complexity index is 26.6. The van der Waals surface area contributed by atoms with Crippen LogP contribution in [0.2, 0.25) is 0 Å². The third-order valence-electron chi connectivity index (χ3n) is 0. The zero-order valence-corrected chi connectivity index (χ0v) is 4.66. The van der Waals surface area contributed by atoms with E-state index in [4.69, 9.17) is 0 Å². The largest absolute Gasteiger partial charge is 0.100 e. The van der Waals surface area contributed by atoms with Crippen molar-refractivity contribution in [2.75, 3.05) is 0 Å². The Morgan fingerprint density at radius 1 is 1.40 bits per heavy atom. The van der Waals surface area contributed by atoms with Crippen molar-refractivity contribution in [3.63, 3.8) is 0 Å². The van der Waals surface area contributed by atoms with Crippen LogP contribution in [-0.4, -0.2) is 0 Å². The van der Waals surface area contributed by atoms with Crippen molar-refractivity contribution in [3.8, 4) is 0 Å². The zero-order valence-electron chi connectivity index (χ0n) is 3.56. The van der Waals surface area contributed by atoms with E-state index < -0.39 is 0 Å². The van der Waals surface area contributed by atoms with Gasteiger partial charge in [-0.1, -0.05) is 5.57 Å². The van der Waals surface area contributed by atoms with Gasteiger partial charge < -0.3 is 0 Å². The molecule has 5 heavy (non-hydrogen) atoms. The minimum atomic E-state index is 0. The summed E-state index contributed by atoms with van der Waals surface area (Å²) < 4.78 is 0. The van der Waals surface area contributed by atoms with Crippen LogP contribution in [0.15, 0.2) is 12.2 Å². The fourth-order valence-corrected chi connectivity index (χ4v) is 0. The molecule has 0 saturated heterocycles. The van der Waals surface area contributed by atoms with Gasteiger partial charge in [-0.25, -0.2) is 0 Å². The Kier molecular flexibility index (Phi) is 7.65. The van der Waals surface area contributed by atoms with Gasteiger partial charge in [0.05, 0.1) is 0 Å². The molecule has 0 aliphatic rings. The van der Waals surface area contributed by atoms with Gasteiger partial charge in [-0.15, -0.1) is 6.58 Å². The molecule has 0 spiro atoms. The molecular weight excluding hydrogens is 104 g/mol. The molecule has 0 fully saturated rings. The van der Waals surface area contributed by atoms with E-state index in [1.54, 1.807) is 0 Å². The summed E-state index contributed by atoms with van der Waals surface area (Å²) in [6, 6.07) is 0. The molecule has 0 heterocycles. The second-order valence-corrected chi connectivity index (χ2v) is 1.21. The van der Waals surface area contributed by atoms with Crippen LogP contribution in [0.5, 0.6) is 0 Å². The van der Waals surface area contributed by atoms with Crippen LogP contribution >= 0.6 is 0 Å². The van der Waals surface area contributed by atoms with Crippen molar-refractivity contribution >= 4 is 0 Å². The van der Waals surface area contributed by atoms with Crippen molar-refractivity contribution < 1.29 is 17.1 Å². The third-order valence-corrected chi connectivity index (χ3v) is 0. The summed E-state index contributed by atoms with van der Waals surface area (Å²) in [5.74, 6) is 0. The normalized spacial score (nSPS) is 5.20. The molecule has 1 heteroatoms. The summed E-state index contributed by atoms with van der Waals surface area (Å²) in [7, 11) is 0. The van der Waals surface area contributed by atoms with E-state index in [0.29, 0.717) is 0 Å². The zero-order chi connectivity index (χ0) is 3.58. The average molecular weight is 112 g/mol. The van der Waals surface area contributed by atoms with Crippen molar-refractivity contribution in [1.82, 2.24) is 0 Å². The Labute approximate surface area is 43.7 Å². The van der Waals surface area contributed by atoms with Crippen molar-refractivity contribution in [3.05, 3.63) is 12.2 Å². The molecule has 0 radical (unpaired) electrons. The maximum atomic E-state index is 3.56. The van der Waals surface area contributed by atoms with E-state index in [1.165, 1.54) is 5.57 Å². The number of allylic oxidation sites excluding steroid dienone is 1. The van der Waals surface area contributed by atoms with Crippen LogP contribution in [0.3, 0.4) is 0 Å². The second-order valence-electron chi connectivity index (χ2n) is 1.21. The molecule has 0 aromatic rings. The van der Waals surface area contributed by atoms with E-state index in [-0.39, 0.29) is 17.1 Å². The number of hydrogen-bond acceptors (Lipinski definition) is 0. The smallest absolute Gasteiger partial charge is 0 e. The molecule has 0 rings (SSSR count). The molecule has 0 unspecified atom stereocenters. The van der Waals surface area contributed by atoms with Crippen molar-refractivity contribution in [2.24, 2.45) is 0 Å². The quantitative estimate of drug-likeness (QED) is 0.329. The summed E-state index contributed by atoms with van der Waals surface area (Å²) >= 11 is 0. The Balaban J connectivity index is 0. The van der Waals surface area contributed by atoms with Crippen LogP contribution in [0.1, 0.15) is 13.8 Å². The molecule has 0 atom stereocenters. The van der Waals surface area contributed by atoms with Crippen molar-refractivity contribution in [1.29, 1.82) is 0 Å². The van der Waals surface area contributed by atoms with E-state index in [9.17, 15) is 0 Å². The molecule has 0 aliphatic heterocycles. The van der Waals surface area contributed by atoms with Gasteiger partial charge in [0.1, 0.15) is 0 Å². The standard InChI is InChI=1S/C4H8.Fe/c1-4(2)3;/h1H2,2-3H3;. The molecule has 0 aromatic heterocycles. The monoisotopic (exact) mass is 112 g/mol. The minimum absolute atomic E-state index is 0. The van der Waals surface area contributed by atoms with Gasteiger partial charge in [0, 0.05) is 17.1 Å². The maximum Gasteiger partial charge on any atom is 0 e. The van der Waals surface area contributed by atoms with E-state index in [1.807, 2.05) is 13.8 Å². The van der Waals surface area contributed by atoms with Gasteiger partial charge in [0.25, 0.3) is 0 Å². The molecule has 0 bridgehead atoms.